The maximum atomic E-state index is 13.9. The van der Waals surface area contributed by atoms with Crippen molar-refractivity contribution in [2.24, 2.45) is 5.92 Å². The van der Waals surface area contributed by atoms with Crippen LogP contribution in [0.4, 0.5) is 11.4 Å². The van der Waals surface area contributed by atoms with Gasteiger partial charge in [0.25, 0.3) is 5.91 Å². The number of aryl methyl sites for hydroxylation is 1. The van der Waals surface area contributed by atoms with E-state index in [4.69, 9.17) is 0 Å². The predicted octanol–water partition coefficient (Wildman–Crippen LogP) is 6.99. The van der Waals surface area contributed by atoms with Crippen molar-refractivity contribution in [3.63, 3.8) is 0 Å². The average Bonchev–Trinajstić information content (AvgIpc) is 3.75. The number of para-hydroxylation sites is 1. The highest BCUT2D eigenvalue weighted by molar-refractivity contribution is 6.06. The Kier molecular flexibility index (Phi) is 6.87. The van der Waals surface area contributed by atoms with Gasteiger partial charge in [-0.2, -0.15) is 10.4 Å². The predicted molar refractivity (Wildman–Crippen MR) is 155 cm³/mol. The second-order valence-electron chi connectivity index (χ2n) is 10.6. The smallest absolute Gasteiger partial charge is 0.265 e. The number of nitriles is 1. The summed E-state index contributed by atoms with van der Waals surface area (Å²) in [7, 11) is 0. The van der Waals surface area contributed by atoms with E-state index >= 15 is 0 Å². The van der Waals surface area contributed by atoms with Gasteiger partial charge in [-0.15, -0.1) is 0 Å². The molecule has 3 aromatic heterocycles. The van der Waals surface area contributed by atoms with Crippen molar-refractivity contribution >= 4 is 28.3 Å². The summed E-state index contributed by atoms with van der Waals surface area (Å²) in [5, 5.41) is 18.3. The van der Waals surface area contributed by atoms with Gasteiger partial charge in [0.1, 0.15) is 6.33 Å². The highest BCUT2D eigenvalue weighted by atomic mass is 16.2. The van der Waals surface area contributed by atoms with Gasteiger partial charge in [0.2, 0.25) is 0 Å². The molecule has 1 fully saturated rings. The second kappa shape index (κ2) is 10.8. The van der Waals surface area contributed by atoms with Crippen molar-refractivity contribution in [2.45, 2.75) is 52.0 Å². The molecular weight excluding hydrogens is 498 g/mol. The van der Waals surface area contributed by atoms with Crippen LogP contribution in [-0.4, -0.2) is 30.2 Å². The van der Waals surface area contributed by atoms with Gasteiger partial charge in [0, 0.05) is 29.0 Å². The van der Waals surface area contributed by atoms with Crippen molar-refractivity contribution in [3.8, 4) is 17.3 Å². The van der Waals surface area contributed by atoms with E-state index in [1.807, 2.05) is 53.3 Å². The molecule has 0 bridgehead atoms. The topological polar surface area (TPSA) is 101 Å². The molecule has 1 atom stereocenters. The summed E-state index contributed by atoms with van der Waals surface area (Å²) in [6.45, 7) is 4.14. The summed E-state index contributed by atoms with van der Waals surface area (Å²) < 4.78 is 3.51. The van der Waals surface area contributed by atoms with Crippen molar-refractivity contribution in [2.75, 3.05) is 5.32 Å². The van der Waals surface area contributed by atoms with E-state index in [1.165, 1.54) is 24.7 Å². The van der Waals surface area contributed by atoms with E-state index < -0.39 is 0 Å². The summed E-state index contributed by atoms with van der Waals surface area (Å²) in [5.74, 6) is 0.285. The maximum absolute atomic E-state index is 13.9. The second-order valence-corrected chi connectivity index (χ2v) is 10.6. The molecule has 40 heavy (non-hydrogen) atoms. The molecule has 5 aromatic rings. The highest BCUT2D eigenvalue weighted by Crippen LogP contribution is 2.37. The molecule has 0 aliphatic heterocycles. The molecule has 200 valence electrons. The fraction of sp³-hybridized carbons (Fsp3) is 0.281. The molecule has 1 saturated carbocycles. The number of nitrogens with one attached hydrogen (secondary N) is 1. The van der Waals surface area contributed by atoms with Crippen LogP contribution in [0.3, 0.4) is 0 Å². The molecule has 1 aliphatic rings. The SMILES string of the molecule is Cc1cccc(Nc2ccccc2C(=O)n2ccc3c(-c4cnn(C(CC#N)C5CCCC5)c4)ncnc32)c1C. The fourth-order valence-electron chi connectivity index (χ4n) is 5.84. The molecule has 8 heteroatoms. The van der Waals surface area contributed by atoms with E-state index in [0.29, 0.717) is 29.2 Å². The lowest BCUT2D eigenvalue weighted by molar-refractivity contribution is 0.0965. The zero-order valence-corrected chi connectivity index (χ0v) is 22.7. The number of anilines is 2. The Labute approximate surface area is 233 Å². The first-order chi connectivity index (χ1) is 19.5. The Morgan fingerprint density at radius 1 is 1.07 bits per heavy atom. The first-order valence-corrected chi connectivity index (χ1v) is 13.8. The molecule has 0 saturated heterocycles. The highest BCUT2D eigenvalue weighted by Gasteiger charge is 2.27. The van der Waals surface area contributed by atoms with E-state index in [9.17, 15) is 10.1 Å². The lowest BCUT2D eigenvalue weighted by Gasteiger charge is -2.21. The van der Waals surface area contributed by atoms with E-state index in [1.54, 1.807) is 17.0 Å². The van der Waals surface area contributed by atoms with Crippen LogP contribution in [0.2, 0.25) is 0 Å². The molecular formula is C32H31N7O. The summed E-state index contributed by atoms with van der Waals surface area (Å²) in [6.07, 6.45) is 12.1. The van der Waals surface area contributed by atoms with Crippen LogP contribution >= 0.6 is 0 Å². The number of aromatic nitrogens is 5. The third-order valence-electron chi connectivity index (χ3n) is 8.19. The number of rotatable bonds is 7. The Bertz CT molecular complexity index is 1740. The number of carbonyl (C=O) groups excluding carboxylic acids is 1. The van der Waals surface area contributed by atoms with Gasteiger partial charge >= 0.3 is 0 Å². The maximum Gasteiger partial charge on any atom is 0.265 e. The first-order valence-electron chi connectivity index (χ1n) is 13.8. The standard InChI is InChI=1S/C32H31N7O/c1-21-8-7-13-27(22(21)2)37-28-12-6-5-11-25(28)32(40)38-17-15-26-30(34-20-35-31(26)38)24-18-36-39(19-24)29(14-16-33)23-9-3-4-10-23/h5-8,11-13,15,17-20,23,29,37H,3-4,9-10,14H2,1-2H3. The van der Waals surface area contributed by atoms with Gasteiger partial charge in [-0.3, -0.25) is 14.0 Å². The Hall–Kier alpha value is -4.77. The molecule has 3 heterocycles. The first kappa shape index (κ1) is 25.5. The molecule has 6 rings (SSSR count). The molecule has 0 amide bonds. The van der Waals surface area contributed by atoms with Gasteiger partial charge < -0.3 is 5.32 Å². The summed E-state index contributed by atoms with van der Waals surface area (Å²) in [5.41, 5.74) is 6.65. The van der Waals surface area contributed by atoms with Crippen molar-refractivity contribution in [3.05, 3.63) is 90.1 Å². The summed E-state index contributed by atoms with van der Waals surface area (Å²) >= 11 is 0. The van der Waals surface area contributed by atoms with Crippen molar-refractivity contribution in [1.29, 1.82) is 5.26 Å². The summed E-state index contributed by atoms with van der Waals surface area (Å²) in [4.78, 5) is 22.9. The van der Waals surface area contributed by atoms with Crippen LogP contribution < -0.4 is 5.32 Å². The van der Waals surface area contributed by atoms with E-state index in [0.717, 1.165) is 40.7 Å². The van der Waals surface area contributed by atoms with Crippen LogP contribution in [0.25, 0.3) is 22.3 Å². The van der Waals surface area contributed by atoms with Crippen LogP contribution in [0, 0.1) is 31.1 Å². The lowest BCUT2D eigenvalue weighted by atomic mass is 9.96. The largest absolute Gasteiger partial charge is 0.355 e. The third kappa shape index (κ3) is 4.64. The number of hydrogen-bond donors (Lipinski definition) is 1. The van der Waals surface area contributed by atoms with Crippen LogP contribution in [-0.2, 0) is 0 Å². The van der Waals surface area contributed by atoms with Gasteiger partial charge in [0.05, 0.1) is 41.7 Å². The molecule has 1 aliphatic carbocycles. The molecule has 0 radical (unpaired) electrons. The number of carbonyl (C=O) groups is 1. The third-order valence-corrected chi connectivity index (χ3v) is 8.19. The van der Waals surface area contributed by atoms with Crippen LogP contribution in [0.5, 0.6) is 0 Å². The van der Waals surface area contributed by atoms with Gasteiger partial charge in [-0.05, 0) is 68.0 Å². The molecule has 1 unspecified atom stereocenters. The van der Waals surface area contributed by atoms with Crippen molar-refractivity contribution in [1.82, 2.24) is 24.3 Å². The minimum Gasteiger partial charge on any atom is -0.355 e. The number of benzene rings is 2. The monoisotopic (exact) mass is 529 g/mol. The van der Waals surface area contributed by atoms with Gasteiger partial charge in [0.15, 0.2) is 5.65 Å². The number of hydrogen-bond acceptors (Lipinski definition) is 6. The van der Waals surface area contributed by atoms with E-state index in [-0.39, 0.29) is 11.9 Å². The normalized spacial score (nSPS) is 14.3. The lowest BCUT2D eigenvalue weighted by Crippen LogP contribution is -2.17. The Morgan fingerprint density at radius 2 is 1.88 bits per heavy atom. The average molecular weight is 530 g/mol. The minimum absolute atomic E-state index is 0.0609. The fourth-order valence-corrected chi connectivity index (χ4v) is 5.84. The van der Waals surface area contributed by atoms with Gasteiger partial charge in [-0.1, -0.05) is 37.1 Å². The quantitative estimate of drug-likeness (QED) is 0.244. The van der Waals surface area contributed by atoms with Crippen LogP contribution in [0.15, 0.2) is 73.4 Å². The summed E-state index contributed by atoms with van der Waals surface area (Å²) in [6, 6.07) is 17.9. The van der Waals surface area contributed by atoms with E-state index in [2.05, 4.69) is 46.4 Å². The molecule has 1 N–H and O–H groups in total. The number of nitrogens with zero attached hydrogens (tertiary/aromatic N) is 6. The Balaban J connectivity index is 1.33. The Morgan fingerprint density at radius 3 is 2.70 bits per heavy atom. The number of fused-ring (bicyclic) bond motifs is 1. The van der Waals surface area contributed by atoms with Crippen molar-refractivity contribution < 1.29 is 4.79 Å². The molecule has 2 aromatic carbocycles. The molecule has 0 spiro atoms. The zero-order valence-electron chi connectivity index (χ0n) is 22.7. The van der Waals surface area contributed by atoms with Crippen LogP contribution in [0.1, 0.15) is 59.6 Å². The molecule has 8 nitrogen and oxygen atoms in total. The zero-order chi connectivity index (χ0) is 27.6. The van der Waals surface area contributed by atoms with Gasteiger partial charge in [-0.25, -0.2) is 9.97 Å². The minimum atomic E-state index is -0.181.